The van der Waals surface area contributed by atoms with Gasteiger partial charge in [-0.25, -0.2) is 0 Å². The first kappa shape index (κ1) is 7.64. The Morgan fingerprint density at radius 3 is 2.09 bits per heavy atom. The molecule has 0 aromatic rings. The number of hydrogen-bond acceptors (Lipinski definition) is 0. The zero-order valence-corrected chi connectivity index (χ0v) is 8.01. The highest BCUT2D eigenvalue weighted by Gasteiger charge is 2.43. The molecule has 3 saturated carbocycles. The smallest absolute Gasteiger partial charge is 0.0360 e. The summed E-state index contributed by atoms with van der Waals surface area (Å²) in [7, 11) is 0. The molecule has 3 fully saturated rings. The van der Waals surface area contributed by atoms with Crippen molar-refractivity contribution < 1.29 is 0 Å². The highest BCUT2D eigenvalue weighted by Crippen LogP contribution is 2.53. The van der Waals surface area contributed by atoms with E-state index in [4.69, 9.17) is 0 Å². The average molecular weight is 152 g/mol. The second kappa shape index (κ2) is 2.50. The molecule has 0 aliphatic heterocycles. The predicted octanol–water partition coefficient (Wildman–Crippen LogP) is 3.32. The molecule has 64 valence electrons. The van der Waals surface area contributed by atoms with E-state index in [1.807, 2.05) is 0 Å². The van der Waals surface area contributed by atoms with Gasteiger partial charge in [-0.3, -0.25) is 0 Å². The van der Waals surface area contributed by atoms with Gasteiger partial charge in [0.25, 0.3) is 0 Å². The van der Waals surface area contributed by atoms with E-state index >= 15 is 0 Å². The van der Waals surface area contributed by atoms with E-state index in [1.165, 1.54) is 6.42 Å². The van der Waals surface area contributed by atoms with E-state index in [9.17, 15) is 0 Å². The van der Waals surface area contributed by atoms with Crippen molar-refractivity contribution in [3.05, 3.63) is 0 Å². The van der Waals surface area contributed by atoms with Gasteiger partial charge in [0.15, 0.2) is 0 Å². The van der Waals surface area contributed by atoms with Crippen LogP contribution in [0.25, 0.3) is 0 Å². The fourth-order valence-electron chi connectivity index (χ4n) is 3.24. The van der Waals surface area contributed by atoms with Gasteiger partial charge in [-0.2, -0.15) is 0 Å². The zero-order valence-electron chi connectivity index (χ0n) is 8.01. The lowest BCUT2D eigenvalue weighted by atomic mass is 9.54. The van der Waals surface area contributed by atoms with Crippen LogP contribution < -0.4 is 0 Å². The first-order chi connectivity index (χ1) is 5.18. The SMILES string of the molecule is CC(C)C1CC2CC(C2)[C@H]1C. The summed E-state index contributed by atoms with van der Waals surface area (Å²) in [5.74, 6) is 5.24. The third kappa shape index (κ3) is 1.11. The molecule has 2 bridgehead atoms. The van der Waals surface area contributed by atoms with Crippen molar-refractivity contribution >= 4 is 0 Å². The Bertz CT molecular complexity index is 142. The molecule has 0 spiro atoms. The van der Waals surface area contributed by atoms with Crippen LogP contribution >= 0.6 is 0 Å². The molecule has 0 radical (unpaired) electrons. The van der Waals surface area contributed by atoms with Gasteiger partial charge in [0.2, 0.25) is 0 Å². The zero-order chi connectivity index (χ0) is 8.01. The van der Waals surface area contributed by atoms with E-state index < -0.39 is 0 Å². The van der Waals surface area contributed by atoms with Crippen molar-refractivity contribution in [2.24, 2.45) is 29.6 Å². The Hall–Kier alpha value is 0. The molecular weight excluding hydrogens is 132 g/mol. The minimum atomic E-state index is 0.926. The fourth-order valence-corrected chi connectivity index (χ4v) is 3.24. The van der Waals surface area contributed by atoms with Crippen LogP contribution in [0.15, 0.2) is 0 Å². The number of hydrogen-bond donors (Lipinski definition) is 0. The van der Waals surface area contributed by atoms with Gasteiger partial charge in [0, 0.05) is 0 Å². The molecule has 0 nitrogen and oxygen atoms in total. The van der Waals surface area contributed by atoms with Crippen molar-refractivity contribution in [2.45, 2.75) is 40.0 Å². The average Bonchev–Trinajstić information content (AvgIpc) is 1.84. The lowest BCUT2D eigenvalue weighted by Crippen LogP contribution is -2.42. The van der Waals surface area contributed by atoms with Crippen LogP contribution in [-0.4, -0.2) is 0 Å². The van der Waals surface area contributed by atoms with E-state index in [2.05, 4.69) is 20.8 Å². The van der Waals surface area contributed by atoms with Gasteiger partial charge >= 0.3 is 0 Å². The first-order valence-electron chi connectivity index (χ1n) is 5.18. The van der Waals surface area contributed by atoms with Crippen LogP contribution in [-0.2, 0) is 0 Å². The Morgan fingerprint density at radius 2 is 1.73 bits per heavy atom. The lowest BCUT2D eigenvalue weighted by molar-refractivity contribution is -0.0119. The second-order valence-corrected chi connectivity index (χ2v) is 5.10. The third-order valence-electron chi connectivity index (χ3n) is 4.15. The van der Waals surface area contributed by atoms with Gasteiger partial charge in [-0.05, 0) is 48.9 Å². The Morgan fingerprint density at radius 1 is 1.09 bits per heavy atom. The molecule has 0 N–H and O–H groups in total. The molecule has 0 heterocycles. The molecule has 0 aromatic carbocycles. The summed E-state index contributed by atoms with van der Waals surface area (Å²) in [6.45, 7) is 7.27. The van der Waals surface area contributed by atoms with Crippen LogP contribution in [0.2, 0.25) is 0 Å². The van der Waals surface area contributed by atoms with Crippen LogP contribution in [0.4, 0.5) is 0 Å². The van der Waals surface area contributed by atoms with Crippen molar-refractivity contribution in [2.75, 3.05) is 0 Å². The summed E-state index contributed by atoms with van der Waals surface area (Å²) in [5.41, 5.74) is 0. The second-order valence-electron chi connectivity index (χ2n) is 5.10. The van der Waals surface area contributed by atoms with Gasteiger partial charge in [0.1, 0.15) is 0 Å². The van der Waals surface area contributed by atoms with Crippen molar-refractivity contribution in [3.8, 4) is 0 Å². The lowest BCUT2D eigenvalue weighted by Gasteiger charge is -2.51. The van der Waals surface area contributed by atoms with E-state index in [0.717, 1.165) is 29.6 Å². The molecule has 0 saturated heterocycles. The molecule has 0 aromatic heterocycles. The van der Waals surface area contributed by atoms with Gasteiger partial charge < -0.3 is 0 Å². The molecule has 3 rings (SSSR count). The minimum absolute atomic E-state index is 0.926. The Balaban J connectivity index is 2.01. The number of fused-ring (bicyclic) bond motifs is 2. The largest absolute Gasteiger partial charge is 0.0625 e. The monoisotopic (exact) mass is 152 g/mol. The van der Waals surface area contributed by atoms with Crippen molar-refractivity contribution in [3.63, 3.8) is 0 Å². The summed E-state index contributed by atoms with van der Waals surface area (Å²) in [5, 5.41) is 0. The molecular formula is C11H20. The fraction of sp³-hybridized carbons (Fsp3) is 1.00. The van der Waals surface area contributed by atoms with Gasteiger partial charge in [0.05, 0.1) is 0 Å². The molecule has 0 amide bonds. The molecule has 0 heteroatoms. The van der Waals surface area contributed by atoms with Crippen molar-refractivity contribution in [1.29, 1.82) is 0 Å². The minimum Gasteiger partial charge on any atom is -0.0625 e. The molecule has 3 aliphatic rings. The van der Waals surface area contributed by atoms with E-state index in [-0.39, 0.29) is 0 Å². The quantitative estimate of drug-likeness (QED) is 0.540. The topological polar surface area (TPSA) is 0 Å². The standard InChI is InChI=1S/C11H20/c1-7(2)11-6-9-4-10(5-9)8(11)3/h7-11H,4-6H2,1-3H3/t8-,9?,10?,11?/m1/s1. The summed E-state index contributed by atoms with van der Waals surface area (Å²) in [6, 6.07) is 0. The molecule has 2 atom stereocenters. The van der Waals surface area contributed by atoms with Crippen LogP contribution in [0.1, 0.15) is 40.0 Å². The normalized spacial score (nSPS) is 49.1. The first-order valence-corrected chi connectivity index (χ1v) is 5.18. The third-order valence-corrected chi connectivity index (χ3v) is 4.15. The highest BCUT2D eigenvalue weighted by atomic mass is 14.5. The molecule has 11 heavy (non-hydrogen) atoms. The maximum Gasteiger partial charge on any atom is -0.0360 e. The van der Waals surface area contributed by atoms with Crippen LogP contribution in [0, 0.1) is 29.6 Å². The predicted molar refractivity (Wildman–Crippen MR) is 48.3 cm³/mol. The Labute approximate surface area is 70.4 Å². The molecule has 1 unspecified atom stereocenters. The molecule has 3 aliphatic carbocycles. The maximum absolute atomic E-state index is 2.48. The van der Waals surface area contributed by atoms with Gasteiger partial charge in [-0.15, -0.1) is 0 Å². The number of rotatable bonds is 1. The summed E-state index contributed by atoms with van der Waals surface area (Å²) < 4.78 is 0. The van der Waals surface area contributed by atoms with Crippen molar-refractivity contribution in [1.82, 2.24) is 0 Å². The van der Waals surface area contributed by atoms with E-state index in [0.29, 0.717) is 0 Å². The van der Waals surface area contributed by atoms with Gasteiger partial charge in [-0.1, -0.05) is 20.8 Å². The summed E-state index contributed by atoms with van der Waals surface area (Å²) in [6.07, 6.45) is 4.66. The Kier molecular flexibility index (Phi) is 1.74. The van der Waals surface area contributed by atoms with E-state index in [1.54, 1.807) is 12.8 Å². The highest BCUT2D eigenvalue weighted by molar-refractivity contribution is 4.93. The van der Waals surface area contributed by atoms with Crippen LogP contribution in [0.3, 0.4) is 0 Å². The maximum atomic E-state index is 2.48. The van der Waals surface area contributed by atoms with Crippen LogP contribution in [0.5, 0.6) is 0 Å². The summed E-state index contributed by atoms with van der Waals surface area (Å²) in [4.78, 5) is 0. The summed E-state index contributed by atoms with van der Waals surface area (Å²) >= 11 is 0.